The summed E-state index contributed by atoms with van der Waals surface area (Å²) >= 11 is 0. The van der Waals surface area contributed by atoms with Crippen molar-refractivity contribution in [2.75, 3.05) is 60.2 Å². The van der Waals surface area contributed by atoms with E-state index in [2.05, 4.69) is 149 Å². The second-order valence-electron chi connectivity index (χ2n) is 18.9. The van der Waals surface area contributed by atoms with Crippen molar-refractivity contribution < 1.29 is 124 Å². The minimum atomic E-state index is -5.94. The van der Waals surface area contributed by atoms with Gasteiger partial charge in [-0.05, 0) is 147 Å². The van der Waals surface area contributed by atoms with Crippen molar-refractivity contribution in [1.82, 2.24) is 4.90 Å². The number of likely N-dealkylation sites (N-methyl/N-ethyl adjacent to an activating group) is 1. The van der Waals surface area contributed by atoms with Gasteiger partial charge in [0.1, 0.15) is 18.1 Å². The van der Waals surface area contributed by atoms with Crippen molar-refractivity contribution in [2.45, 2.75) is 102 Å². The zero-order valence-corrected chi connectivity index (χ0v) is 57.3. The van der Waals surface area contributed by atoms with E-state index < -0.39 is 73.4 Å². The average Bonchev–Trinajstić information content (AvgIpc) is 3.48. The van der Waals surface area contributed by atoms with Gasteiger partial charge in [-0.15, -0.1) is 12.4 Å². The zero-order valence-electron chi connectivity index (χ0n) is 49.7. The molecule has 0 aliphatic carbocycles. The largest absolute Gasteiger partial charge is 1.00 e. The zero-order chi connectivity index (χ0) is 62.5. The number of hydrogen-bond donors (Lipinski definition) is 2. The smallest absolute Gasteiger partial charge is 1.00 e. The molecule has 6 aromatic carbocycles. The van der Waals surface area contributed by atoms with Crippen LogP contribution in [0.4, 0.5) is 17.6 Å². The number of aliphatic hydroxyl groups is 1. The Balaban J connectivity index is 0.00000127. The molecule has 6 rings (SSSR count). The van der Waals surface area contributed by atoms with Gasteiger partial charge in [-0.25, -0.2) is 36.4 Å². The van der Waals surface area contributed by atoms with Crippen LogP contribution in [0.15, 0.2) is 161 Å². The summed E-state index contributed by atoms with van der Waals surface area (Å²) in [6.45, 7) is 15.4. The molecule has 0 bridgehead atoms. The number of carboxylic acid groups (broad SMARTS) is 1. The molecule has 0 aromatic heterocycles. The molecule has 0 unspecified atom stereocenters. The third-order valence-electron chi connectivity index (χ3n) is 11.3. The third kappa shape index (κ3) is 26.5. The van der Waals surface area contributed by atoms with E-state index >= 15 is 0 Å². The number of aryl methyl sites for hydroxylation is 8. The Kier molecular flexibility index (Phi) is 35.8. The van der Waals surface area contributed by atoms with E-state index in [1.54, 1.807) is 13.8 Å². The van der Waals surface area contributed by atoms with E-state index in [-0.39, 0.29) is 76.4 Å². The van der Waals surface area contributed by atoms with Crippen LogP contribution >= 0.6 is 12.4 Å². The number of carbonyl (C=O) groups excluding carboxylic acids is 1. The summed E-state index contributed by atoms with van der Waals surface area (Å²) in [5.41, 5.74) is 8.13. The van der Waals surface area contributed by atoms with Crippen LogP contribution in [0.5, 0.6) is 11.5 Å². The Morgan fingerprint density at radius 2 is 0.895 bits per heavy atom. The molecule has 0 amide bonds. The monoisotopic (exact) mass is 1370 g/mol. The minimum absolute atomic E-state index is 0. The molecule has 6 aromatic rings. The number of carboxylic acids is 1. The second-order valence-corrected chi connectivity index (χ2v) is 25.9. The molecule has 0 aliphatic heterocycles. The maximum atomic E-state index is 13.2. The van der Waals surface area contributed by atoms with Crippen molar-refractivity contribution in [2.24, 2.45) is 9.98 Å². The van der Waals surface area contributed by atoms with Gasteiger partial charge in [0, 0.05) is 37.4 Å². The maximum absolute atomic E-state index is 13.2. The van der Waals surface area contributed by atoms with Crippen molar-refractivity contribution in [3.05, 3.63) is 166 Å². The van der Waals surface area contributed by atoms with Gasteiger partial charge in [0.05, 0.1) is 34.3 Å². The van der Waals surface area contributed by atoms with Crippen molar-refractivity contribution in [3.8, 4) is 11.5 Å². The summed E-state index contributed by atoms with van der Waals surface area (Å²) in [5, 5.41) is 7.26. The number of carbonyl (C=O) groups is 2. The normalized spacial score (nSPS) is 11.1. The van der Waals surface area contributed by atoms with Gasteiger partial charge >= 0.3 is 52.0 Å². The summed E-state index contributed by atoms with van der Waals surface area (Å²) in [6, 6.07) is 44.8. The van der Waals surface area contributed by atoms with E-state index in [1.807, 2.05) is 60.8 Å². The molecule has 0 atom stereocenters. The quantitative estimate of drug-likeness (QED) is 0.0245. The summed E-state index contributed by atoms with van der Waals surface area (Å²) in [4.78, 5) is 39.6. The standard InChI is InChI=1S/C26H26F2O6S2.C24H24O3S.C7H15N3.C2H4F2O4S.BrH.ClH.Na/c1-17-5-9-21(10-6-17)35(22-11-7-18(2)8-12-22)23-13-19(3)25(20(4)14-23)33-15-24(29)34-16-26(27,28)36(30,31)32;1-16-5-9-20(10-6-16)28(21-11-7-17(2)8-12-21)22-13-18(3)24(19(4)14-22)27-15-23(25)26;1-4-8-7-9-5-6-10(2)3;3-2(4,1-5)9(6,7)8;;;/h5-14H,15-16H2,1-4H3;5-14H,15H2,1-4H3;4-6H2,1-3H3;5H,1H2,(H,6,7,8);2*1H;/q;;;;;;+1/p-1. The van der Waals surface area contributed by atoms with Gasteiger partial charge in [0.25, 0.3) is 0 Å². The fraction of sp³-hybridized carbons (Fsp3) is 0.339. The summed E-state index contributed by atoms with van der Waals surface area (Å²) in [6.07, 6.45) is 0. The predicted molar refractivity (Wildman–Crippen MR) is 318 cm³/mol. The predicted octanol–water partition coefficient (Wildman–Crippen LogP) is 4.84. The van der Waals surface area contributed by atoms with Gasteiger partial charge in [-0.2, -0.15) is 17.6 Å². The van der Waals surface area contributed by atoms with E-state index in [9.17, 15) is 53.1 Å². The van der Waals surface area contributed by atoms with Crippen molar-refractivity contribution >= 4 is 72.4 Å². The first kappa shape index (κ1) is 81.2. The molecule has 2 N–H and O–H groups in total. The fourth-order valence-corrected chi connectivity index (χ4v) is 11.9. The Bertz CT molecular complexity index is 3270. The number of esters is 1. The van der Waals surface area contributed by atoms with Crippen LogP contribution in [0.3, 0.4) is 0 Å². The molecular formula is C59H70BrClF4N3NaO13S4. The molecule has 0 saturated heterocycles. The van der Waals surface area contributed by atoms with Gasteiger partial charge in [0.2, 0.25) is 0 Å². The molecule has 0 aliphatic rings. The topological polar surface area (TPSA) is 245 Å². The average molecular weight is 1370 g/mol. The number of aliphatic hydroxyl groups excluding tert-OH is 1. The molecule has 0 spiro atoms. The number of alkyl halides is 4. The molecule has 0 fully saturated rings. The van der Waals surface area contributed by atoms with Crippen LogP contribution in [0, 0.1) is 55.4 Å². The van der Waals surface area contributed by atoms with Crippen LogP contribution in [0.2, 0.25) is 0 Å². The van der Waals surface area contributed by atoms with E-state index in [0.29, 0.717) is 11.5 Å². The summed E-state index contributed by atoms with van der Waals surface area (Å²) in [5.74, 6) is -1.15. The number of ether oxygens (including phenoxy) is 3. The molecule has 27 heteroatoms. The Hall–Kier alpha value is -4.83. The van der Waals surface area contributed by atoms with E-state index in [0.717, 1.165) is 67.7 Å². The number of rotatable bonds is 21. The molecular weight excluding hydrogens is 1300 g/mol. The van der Waals surface area contributed by atoms with Crippen LogP contribution in [-0.4, -0.2) is 130 Å². The first-order chi connectivity index (χ1) is 38.7. The van der Waals surface area contributed by atoms with E-state index in [1.165, 1.54) is 25.8 Å². The van der Waals surface area contributed by atoms with Crippen LogP contribution in [0.1, 0.15) is 51.4 Å². The molecule has 466 valence electrons. The fourth-order valence-electron chi connectivity index (χ4n) is 7.07. The van der Waals surface area contributed by atoms with Gasteiger partial charge in [0.15, 0.2) is 69.4 Å². The Morgan fingerprint density at radius 3 is 1.15 bits per heavy atom. The summed E-state index contributed by atoms with van der Waals surface area (Å²) < 4.78 is 125. The number of aliphatic imine (C=N–C) groups is 2. The Labute approximate surface area is 546 Å². The van der Waals surface area contributed by atoms with Gasteiger partial charge < -0.3 is 55.4 Å². The first-order valence-corrected chi connectivity index (χ1v) is 30.6. The first-order valence-electron chi connectivity index (χ1n) is 25.3. The number of hydrogen-bond acceptors (Lipinski definition) is 15. The van der Waals surface area contributed by atoms with Crippen molar-refractivity contribution in [3.63, 3.8) is 0 Å². The molecule has 16 nitrogen and oxygen atoms in total. The molecule has 0 radical (unpaired) electrons. The molecule has 0 heterocycles. The van der Waals surface area contributed by atoms with Crippen LogP contribution in [-0.2, 0) is 56.4 Å². The van der Waals surface area contributed by atoms with Gasteiger partial charge in [-0.3, -0.25) is 0 Å². The minimum Gasteiger partial charge on any atom is -1.00 e. The Morgan fingerprint density at radius 1 is 0.581 bits per heavy atom. The number of aliphatic carboxylic acids is 1. The molecule has 86 heavy (non-hydrogen) atoms. The molecule has 0 saturated carbocycles. The third-order valence-corrected chi connectivity index (χ3v) is 17.4. The number of benzene rings is 6. The van der Waals surface area contributed by atoms with Gasteiger partial charge in [-0.1, -0.05) is 70.8 Å². The SMILES string of the molecule is CCN=C=NCCN(C)C.Cc1ccc([S+](c2ccc(C)cc2)c2cc(C)c(OCC(=O)O)c(C)c2)cc1.Cc1ccc([S+](c2ccc(C)cc2)c2cc(C)c(OCC(=O)OCC(F)(F)S(=O)(=O)[O-])c(C)c2)cc1.Cl.O=S(=O)([O-])C(F)(F)CO.[Br-].[Na+]. The number of halogens is 6. The van der Waals surface area contributed by atoms with E-state index in [4.69, 9.17) is 19.7 Å². The van der Waals surface area contributed by atoms with Crippen molar-refractivity contribution in [1.29, 1.82) is 0 Å². The van der Waals surface area contributed by atoms with Crippen LogP contribution < -0.4 is 56.0 Å². The second kappa shape index (κ2) is 37.9. The van der Waals surface area contributed by atoms with Crippen LogP contribution in [0.25, 0.3) is 0 Å². The number of nitrogens with zero attached hydrogens (tertiary/aromatic N) is 3. The summed E-state index contributed by atoms with van der Waals surface area (Å²) in [7, 11) is -8.24. The maximum Gasteiger partial charge on any atom is 1.00 e.